The van der Waals surface area contributed by atoms with Crippen LogP contribution in [0.2, 0.25) is 0 Å². The van der Waals surface area contributed by atoms with Crippen molar-refractivity contribution < 1.29 is 18.7 Å². The van der Waals surface area contributed by atoms with E-state index in [-0.39, 0.29) is 36.2 Å². The fraction of sp³-hybridized carbons (Fsp3) is 0.321. The zero-order valence-corrected chi connectivity index (χ0v) is 21.3. The maximum Gasteiger partial charge on any atom is 0.271 e. The molecule has 0 unspecified atom stereocenters. The highest BCUT2D eigenvalue weighted by Crippen LogP contribution is 2.38. The van der Waals surface area contributed by atoms with E-state index in [9.17, 15) is 14.0 Å². The molecule has 1 aliphatic rings. The minimum Gasteiger partial charge on any atom is -0.486 e. The Morgan fingerprint density at radius 3 is 2.89 bits per heavy atom. The molecule has 36 heavy (non-hydrogen) atoms. The number of nitrogens with zero attached hydrogens (tertiary/aromatic N) is 2. The summed E-state index contributed by atoms with van der Waals surface area (Å²) < 4.78 is 20.2. The summed E-state index contributed by atoms with van der Waals surface area (Å²) in [6.45, 7) is 8.79. The van der Waals surface area contributed by atoms with Gasteiger partial charge in [0.05, 0.1) is 6.04 Å². The Morgan fingerprint density at radius 2 is 2.14 bits per heavy atom. The lowest BCUT2D eigenvalue weighted by molar-refractivity contribution is -0.134. The number of nitrogens with one attached hydrogen (secondary N) is 1. The Hall–Kier alpha value is -3.52. The van der Waals surface area contributed by atoms with Crippen LogP contribution in [-0.2, 0) is 17.8 Å². The molecule has 4 rings (SSSR count). The van der Waals surface area contributed by atoms with Crippen molar-refractivity contribution in [2.45, 2.75) is 39.3 Å². The number of amides is 2. The number of carbonyl (C=O) groups is 2. The van der Waals surface area contributed by atoms with Crippen LogP contribution in [0.3, 0.4) is 0 Å². The number of aromatic nitrogens is 1. The molecule has 188 valence electrons. The van der Waals surface area contributed by atoms with Crippen molar-refractivity contribution in [2.24, 2.45) is 5.92 Å². The van der Waals surface area contributed by atoms with Crippen molar-refractivity contribution in [1.29, 1.82) is 0 Å². The van der Waals surface area contributed by atoms with E-state index >= 15 is 0 Å². The van der Waals surface area contributed by atoms with Crippen LogP contribution in [-0.4, -0.2) is 34.8 Å². The zero-order chi connectivity index (χ0) is 25.7. The maximum atomic E-state index is 14.2. The molecule has 0 fully saturated rings. The second-order valence-electron chi connectivity index (χ2n) is 9.17. The first-order chi connectivity index (χ1) is 17.4. The van der Waals surface area contributed by atoms with Crippen LogP contribution in [0.1, 0.15) is 58.5 Å². The number of thiazole rings is 1. The van der Waals surface area contributed by atoms with Gasteiger partial charge in [-0.1, -0.05) is 38.1 Å². The van der Waals surface area contributed by atoms with E-state index in [1.165, 1.54) is 23.5 Å². The van der Waals surface area contributed by atoms with Crippen LogP contribution in [0.4, 0.5) is 4.39 Å². The van der Waals surface area contributed by atoms with Crippen LogP contribution in [0.25, 0.3) is 0 Å². The highest BCUT2D eigenvalue weighted by atomic mass is 32.1. The summed E-state index contributed by atoms with van der Waals surface area (Å²) >= 11 is 1.35. The van der Waals surface area contributed by atoms with Crippen molar-refractivity contribution >= 4 is 23.2 Å². The summed E-state index contributed by atoms with van der Waals surface area (Å²) in [6, 6.07) is 11.9. The monoisotopic (exact) mass is 507 g/mol. The first-order valence-corrected chi connectivity index (χ1v) is 12.9. The van der Waals surface area contributed by atoms with Gasteiger partial charge < -0.3 is 15.0 Å². The normalized spacial score (nSPS) is 14.9. The van der Waals surface area contributed by atoms with Gasteiger partial charge in [0.25, 0.3) is 5.91 Å². The van der Waals surface area contributed by atoms with E-state index in [1.54, 1.807) is 17.5 Å². The number of hydrogen-bond acceptors (Lipinski definition) is 5. The van der Waals surface area contributed by atoms with Crippen LogP contribution >= 0.6 is 11.3 Å². The van der Waals surface area contributed by atoms with Gasteiger partial charge in [-0.15, -0.1) is 17.9 Å². The minimum atomic E-state index is -0.390. The largest absolute Gasteiger partial charge is 0.486 e. The second kappa shape index (κ2) is 11.5. The van der Waals surface area contributed by atoms with E-state index in [2.05, 4.69) is 16.9 Å². The van der Waals surface area contributed by atoms with Gasteiger partial charge in [0.1, 0.15) is 28.9 Å². The van der Waals surface area contributed by atoms with Crippen molar-refractivity contribution in [2.75, 3.05) is 13.1 Å². The summed E-state index contributed by atoms with van der Waals surface area (Å²) in [7, 11) is 0. The van der Waals surface area contributed by atoms with Gasteiger partial charge in [0, 0.05) is 24.9 Å². The van der Waals surface area contributed by atoms with Crippen LogP contribution in [0.15, 0.2) is 60.5 Å². The first-order valence-electron chi connectivity index (χ1n) is 12.0. The number of rotatable bonds is 9. The van der Waals surface area contributed by atoms with E-state index in [4.69, 9.17) is 4.74 Å². The van der Waals surface area contributed by atoms with Crippen molar-refractivity contribution in [3.63, 3.8) is 0 Å². The molecule has 0 aliphatic carbocycles. The molecule has 0 saturated heterocycles. The molecular formula is C28H30FN3O3S. The predicted octanol–water partition coefficient (Wildman–Crippen LogP) is 5.30. The summed E-state index contributed by atoms with van der Waals surface area (Å²) in [5.74, 6) is 0.321. The van der Waals surface area contributed by atoms with Gasteiger partial charge in [-0.3, -0.25) is 9.59 Å². The zero-order valence-electron chi connectivity index (χ0n) is 20.5. The van der Waals surface area contributed by atoms with Crippen molar-refractivity contribution in [3.8, 4) is 5.75 Å². The number of carbonyl (C=O) groups excluding carboxylic acids is 2. The summed E-state index contributed by atoms with van der Waals surface area (Å²) in [5.41, 5.74) is 3.13. The SMILES string of the molecule is C=CCNC(=O)c1csc(COc2ccc3c(c2)[C@@H](c2cccc(F)c2)N(C(=O)CC(C)C)CC3)n1. The topological polar surface area (TPSA) is 71.5 Å². The molecule has 2 amide bonds. The Kier molecular flexibility index (Phi) is 8.15. The number of halogens is 1. The number of ether oxygens (including phenoxy) is 1. The smallest absolute Gasteiger partial charge is 0.271 e. The molecule has 8 heteroatoms. The van der Waals surface area contributed by atoms with Crippen LogP contribution < -0.4 is 10.1 Å². The maximum absolute atomic E-state index is 14.2. The van der Waals surface area contributed by atoms with Gasteiger partial charge in [-0.2, -0.15) is 0 Å². The Morgan fingerprint density at radius 1 is 1.31 bits per heavy atom. The summed E-state index contributed by atoms with van der Waals surface area (Å²) in [4.78, 5) is 31.5. The molecule has 6 nitrogen and oxygen atoms in total. The molecule has 0 saturated carbocycles. The fourth-order valence-electron chi connectivity index (χ4n) is 4.34. The Bertz CT molecular complexity index is 1260. The minimum absolute atomic E-state index is 0.0567. The Labute approximate surface area is 214 Å². The average Bonchev–Trinajstić information content (AvgIpc) is 3.34. The second-order valence-corrected chi connectivity index (χ2v) is 10.1. The molecule has 0 spiro atoms. The number of fused-ring (bicyclic) bond motifs is 1. The van der Waals surface area contributed by atoms with Crippen LogP contribution in [0, 0.1) is 11.7 Å². The van der Waals surface area contributed by atoms with Gasteiger partial charge in [0.15, 0.2) is 0 Å². The lowest BCUT2D eigenvalue weighted by Gasteiger charge is -2.38. The van der Waals surface area contributed by atoms with E-state index in [0.717, 1.165) is 23.1 Å². The molecule has 2 heterocycles. The van der Waals surface area contributed by atoms with E-state index in [0.29, 0.717) is 36.0 Å². The molecule has 1 atom stereocenters. The lowest BCUT2D eigenvalue weighted by atomic mass is 9.87. The Balaban J connectivity index is 1.58. The molecule has 1 N–H and O–H groups in total. The molecular weight excluding hydrogens is 477 g/mol. The first kappa shape index (κ1) is 25.6. The van der Waals surface area contributed by atoms with Gasteiger partial charge >= 0.3 is 0 Å². The van der Waals surface area contributed by atoms with Crippen LogP contribution in [0.5, 0.6) is 5.75 Å². The molecule has 2 aromatic carbocycles. The van der Waals surface area contributed by atoms with Gasteiger partial charge in [0.2, 0.25) is 5.91 Å². The molecule has 1 aromatic heterocycles. The third-order valence-electron chi connectivity index (χ3n) is 5.97. The fourth-order valence-corrected chi connectivity index (χ4v) is 5.02. The molecule has 1 aliphatic heterocycles. The third-order valence-corrected chi connectivity index (χ3v) is 6.79. The number of hydrogen-bond donors (Lipinski definition) is 1. The lowest BCUT2D eigenvalue weighted by Crippen LogP contribution is -2.41. The molecule has 0 radical (unpaired) electrons. The van der Waals surface area contributed by atoms with Crippen molar-refractivity contribution in [3.05, 3.63) is 93.7 Å². The van der Waals surface area contributed by atoms with E-state index < -0.39 is 0 Å². The standard InChI is InChI=1S/C28H30FN3O3S/c1-4-11-30-28(34)24-17-36-25(31-24)16-35-22-9-8-19-10-12-32(26(33)13-18(2)3)27(23(19)15-22)20-6-5-7-21(29)14-20/h4-9,14-15,17-18,27H,1,10-13,16H2,2-3H3,(H,30,34)/t27-/m1/s1. The highest BCUT2D eigenvalue weighted by molar-refractivity contribution is 7.09. The van der Waals surface area contributed by atoms with Gasteiger partial charge in [-0.25, -0.2) is 9.37 Å². The highest BCUT2D eigenvalue weighted by Gasteiger charge is 2.32. The molecule has 0 bridgehead atoms. The summed E-state index contributed by atoms with van der Waals surface area (Å²) in [6.07, 6.45) is 2.77. The predicted molar refractivity (Wildman–Crippen MR) is 139 cm³/mol. The quantitative estimate of drug-likeness (QED) is 0.399. The number of benzene rings is 2. The van der Waals surface area contributed by atoms with Crippen molar-refractivity contribution in [1.82, 2.24) is 15.2 Å². The summed E-state index contributed by atoms with van der Waals surface area (Å²) in [5, 5.41) is 5.08. The average molecular weight is 508 g/mol. The van der Waals surface area contributed by atoms with E-state index in [1.807, 2.05) is 43.0 Å². The molecule has 3 aromatic rings. The van der Waals surface area contributed by atoms with Gasteiger partial charge in [-0.05, 0) is 53.3 Å². The third kappa shape index (κ3) is 5.99.